The number of carbonyl (C=O) groups is 4. The van der Waals surface area contributed by atoms with Gasteiger partial charge in [-0.3, -0.25) is 19.4 Å². The zero-order chi connectivity index (χ0) is 28.1. The summed E-state index contributed by atoms with van der Waals surface area (Å²) in [5.41, 5.74) is 16.8. The number of nitrogens with zero attached hydrogens (tertiary/aromatic N) is 2. The Bertz CT molecular complexity index is 918. The summed E-state index contributed by atoms with van der Waals surface area (Å²) in [7, 11) is 0. The number of nitrogens with two attached hydrogens (primary N) is 3. The molecule has 3 amide bonds. The lowest BCUT2D eigenvalue weighted by Gasteiger charge is -2.28. The number of carboxylic acids is 1. The molecular formula is C22H39N9O6. The number of aliphatic carboxylic acids is 1. The fraction of sp³-hybridized carbons (Fsp3) is 0.636. The van der Waals surface area contributed by atoms with Crippen LogP contribution in [-0.2, 0) is 25.6 Å². The fourth-order valence-electron chi connectivity index (χ4n) is 3.29. The third-order valence-electron chi connectivity index (χ3n) is 5.79. The van der Waals surface area contributed by atoms with Crippen LogP contribution in [0.5, 0.6) is 0 Å². The number of hydrogen-bond acceptors (Lipinski definition) is 8. The quantitative estimate of drug-likeness (QED) is 0.0612. The predicted molar refractivity (Wildman–Crippen MR) is 135 cm³/mol. The van der Waals surface area contributed by atoms with E-state index in [1.54, 1.807) is 6.92 Å². The van der Waals surface area contributed by atoms with Gasteiger partial charge in [0.2, 0.25) is 17.7 Å². The maximum atomic E-state index is 13.2. The predicted octanol–water partition coefficient (Wildman–Crippen LogP) is -2.70. The molecule has 6 unspecified atom stereocenters. The summed E-state index contributed by atoms with van der Waals surface area (Å²) in [5.74, 6) is -3.88. The van der Waals surface area contributed by atoms with Crippen LogP contribution in [0.25, 0.3) is 0 Å². The molecule has 0 fully saturated rings. The molecule has 0 saturated carbocycles. The van der Waals surface area contributed by atoms with Crippen molar-refractivity contribution in [3.8, 4) is 0 Å². The summed E-state index contributed by atoms with van der Waals surface area (Å²) in [5, 5.41) is 26.8. The van der Waals surface area contributed by atoms with Crippen molar-refractivity contribution in [3.63, 3.8) is 0 Å². The van der Waals surface area contributed by atoms with Gasteiger partial charge in [0.1, 0.15) is 24.2 Å². The number of hydrogen-bond donors (Lipinski definition) is 9. The number of carbonyl (C=O) groups excluding carboxylic acids is 3. The lowest BCUT2D eigenvalue weighted by atomic mass is 9.96. The standard InChI is InChI=1S/C22H39N9O6/c1-4-11(2)17(20(35)29-14(21(36)37)6-5-7-27-22(24)25)31-18(33)15(8-13-9-26-10-28-13)30-19(34)16(23)12(3)32/h9-12,14-17,32H,4-8,23H2,1-3H3,(H,26,28)(H,29,35)(H,30,34)(H,31,33)(H,36,37)(H4,24,25,27). The molecule has 1 aromatic heterocycles. The molecule has 1 rings (SSSR count). The molecule has 0 aliphatic rings. The number of aliphatic imine (C=N–C) groups is 1. The largest absolute Gasteiger partial charge is 0.480 e. The molecule has 12 N–H and O–H groups in total. The first-order valence-electron chi connectivity index (χ1n) is 12.0. The average Bonchev–Trinajstić information content (AvgIpc) is 3.35. The molecule has 1 heterocycles. The van der Waals surface area contributed by atoms with E-state index in [-0.39, 0.29) is 31.3 Å². The van der Waals surface area contributed by atoms with E-state index >= 15 is 0 Å². The van der Waals surface area contributed by atoms with Crippen molar-refractivity contribution in [2.45, 2.75) is 76.7 Å². The summed E-state index contributed by atoms with van der Waals surface area (Å²) in [6, 6.07) is -4.76. The number of amides is 3. The van der Waals surface area contributed by atoms with Gasteiger partial charge < -0.3 is 48.3 Å². The van der Waals surface area contributed by atoms with Crippen LogP contribution in [0.2, 0.25) is 0 Å². The molecule has 0 bridgehead atoms. The van der Waals surface area contributed by atoms with Gasteiger partial charge in [0.05, 0.1) is 12.4 Å². The second-order valence-electron chi connectivity index (χ2n) is 8.83. The van der Waals surface area contributed by atoms with Gasteiger partial charge in [0, 0.05) is 24.9 Å². The molecular weight excluding hydrogens is 486 g/mol. The normalized spacial score (nSPS) is 15.8. The second-order valence-corrected chi connectivity index (χ2v) is 8.83. The Balaban J connectivity index is 3.03. The number of imidazole rings is 1. The maximum absolute atomic E-state index is 13.2. The van der Waals surface area contributed by atoms with E-state index in [2.05, 4.69) is 30.9 Å². The second kappa shape index (κ2) is 15.4. The average molecular weight is 526 g/mol. The van der Waals surface area contributed by atoms with E-state index in [0.29, 0.717) is 18.5 Å². The number of aliphatic hydroxyl groups is 1. The Morgan fingerprint density at radius 1 is 1.08 bits per heavy atom. The molecule has 0 aromatic carbocycles. The minimum atomic E-state index is -1.28. The van der Waals surface area contributed by atoms with Gasteiger partial charge in [-0.25, -0.2) is 9.78 Å². The van der Waals surface area contributed by atoms with Crippen molar-refractivity contribution in [2.24, 2.45) is 28.1 Å². The number of carboxylic acid groups (broad SMARTS) is 1. The Kier molecular flexibility index (Phi) is 13.0. The highest BCUT2D eigenvalue weighted by atomic mass is 16.4. The van der Waals surface area contributed by atoms with Crippen molar-refractivity contribution in [1.82, 2.24) is 25.9 Å². The minimum Gasteiger partial charge on any atom is -0.480 e. The van der Waals surface area contributed by atoms with E-state index in [1.165, 1.54) is 19.4 Å². The van der Waals surface area contributed by atoms with Gasteiger partial charge in [-0.1, -0.05) is 20.3 Å². The van der Waals surface area contributed by atoms with Crippen LogP contribution in [0.4, 0.5) is 0 Å². The number of guanidine groups is 1. The molecule has 6 atom stereocenters. The van der Waals surface area contributed by atoms with Gasteiger partial charge in [-0.05, 0) is 25.7 Å². The Labute approximate surface area is 215 Å². The summed E-state index contributed by atoms with van der Waals surface area (Å²) < 4.78 is 0. The number of H-pyrrole nitrogens is 1. The maximum Gasteiger partial charge on any atom is 0.326 e. The van der Waals surface area contributed by atoms with Crippen molar-refractivity contribution in [2.75, 3.05) is 6.54 Å². The van der Waals surface area contributed by atoms with Gasteiger partial charge in [0.25, 0.3) is 0 Å². The summed E-state index contributed by atoms with van der Waals surface area (Å²) in [4.78, 5) is 61.0. The van der Waals surface area contributed by atoms with Crippen LogP contribution in [0.1, 0.15) is 45.7 Å². The Morgan fingerprint density at radius 3 is 2.24 bits per heavy atom. The van der Waals surface area contributed by atoms with E-state index < -0.39 is 54.0 Å². The van der Waals surface area contributed by atoms with Crippen LogP contribution in [0, 0.1) is 5.92 Å². The fourth-order valence-corrected chi connectivity index (χ4v) is 3.29. The molecule has 37 heavy (non-hydrogen) atoms. The van der Waals surface area contributed by atoms with E-state index in [4.69, 9.17) is 17.2 Å². The van der Waals surface area contributed by atoms with Crippen molar-refractivity contribution >= 4 is 29.7 Å². The lowest BCUT2D eigenvalue weighted by Crippen LogP contribution is -2.59. The van der Waals surface area contributed by atoms with Crippen LogP contribution < -0.4 is 33.2 Å². The van der Waals surface area contributed by atoms with Crippen molar-refractivity contribution in [3.05, 3.63) is 18.2 Å². The summed E-state index contributed by atoms with van der Waals surface area (Å²) >= 11 is 0. The molecule has 0 aliphatic carbocycles. The van der Waals surface area contributed by atoms with Crippen LogP contribution >= 0.6 is 0 Å². The van der Waals surface area contributed by atoms with Crippen LogP contribution in [0.3, 0.4) is 0 Å². The molecule has 15 heteroatoms. The van der Waals surface area contributed by atoms with E-state index in [0.717, 1.165) is 0 Å². The first-order valence-corrected chi connectivity index (χ1v) is 12.0. The van der Waals surface area contributed by atoms with Crippen LogP contribution in [0.15, 0.2) is 17.5 Å². The van der Waals surface area contributed by atoms with Crippen molar-refractivity contribution in [1.29, 1.82) is 0 Å². The number of aromatic nitrogens is 2. The van der Waals surface area contributed by atoms with Gasteiger partial charge in [0.15, 0.2) is 5.96 Å². The Hall–Kier alpha value is -3.72. The smallest absolute Gasteiger partial charge is 0.326 e. The highest BCUT2D eigenvalue weighted by Crippen LogP contribution is 2.11. The topological polar surface area (TPSA) is 264 Å². The lowest BCUT2D eigenvalue weighted by molar-refractivity contribution is -0.143. The highest BCUT2D eigenvalue weighted by Gasteiger charge is 2.33. The SMILES string of the molecule is CCC(C)C(NC(=O)C(Cc1cnc[nH]1)NC(=O)C(N)C(C)O)C(=O)NC(CCCN=C(N)N)C(=O)O. The van der Waals surface area contributed by atoms with E-state index in [9.17, 15) is 29.4 Å². The molecule has 0 radical (unpaired) electrons. The number of rotatable bonds is 16. The molecule has 208 valence electrons. The van der Waals surface area contributed by atoms with Gasteiger partial charge in [-0.2, -0.15) is 0 Å². The van der Waals surface area contributed by atoms with Gasteiger partial charge >= 0.3 is 5.97 Å². The molecule has 0 aliphatic heterocycles. The zero-order valence-corrected chi connectivity index (χ0v) is 21.3. The molecule has 15 nitrogen and oxygen atoms in total. The van der Waals surface area contributed by atoms with E-state index in [1.807, 2.05) is 6.92 Å². The molecule has 1 aromatic rings. The summed E-state index contributed by atoms with van der Waals surface area (Å²) in [6.07, 6.45) is 2.58. The molecule has 0 saturated heterocycles. The van der Waals surface area contributed by atoms with Gasteiger partial charge in [-0.15, -0.1) is 0 Å². The number of aromatic amines is 1. The monoisotopic (exact) mass is 525 g/mol. The third kappa shape index (κ3) is 10.8. The van der Waals surface area contributed by atoms with Crippen LogP contribution in [-0.4, -0.2) is 86.6 Å². The highest BCUT2D eigenvalue weighted by molar-refractivity contribution is 5.94. The summed E-state index contributed by atoms with van der Waals surface area (Å²) in [6.45, 7) is 5.07. The number of nitrogens with one attached hydrogen (secondary N) is 4. The minimum absolute atomic E-state index is 0.00148. The molecule has 0 spiro atoms. The first-order chi connectivity index (χ1) is 17.4. The first kappa shape index (κ1) is 31.3. The van der Waals surface area contributed by atoms with Crippen molar-refractivity contribution < 1.29 is 29.4 Å². The Morgan fingerprint density at radius 2 is 1.73 bits per heavy atom. The zero-order valence-electron chi connectivity index (χ0n) is 21.3. The third-order valence-corrected chi connectivity index (χ3v) is 5.79. The number of aliphatic hydroxyl groups excluding tert-OH is 1.